The van der Waals surface area contributed by atoms with Crippen molar-refractivity contribution in [1.29, 1.82) is 0 Å². The van der Waals surface area contributed by atoms with Crippen LogP contribution in [0.2, 0.25) is 0 Å². The largest absolute Gasteiger partial charge is 0.323 e. The van der Waals surface area contributed by atoms with Gasteiger partial charge in [0.05, 0.1) is 10.9 Å². The quantitative estimate of drug-likeness (QED) is 0.692. The third kappa shape index (κ3) is 3.24. The molecule has 0 saturated carbocycles. The van der Waals surface area contributed by atoms with E-state index in [2.05, 4.69) is 15.5 Å². The first-order valence-electron chi connectivity index (χ1n) is 6.28. The molecular weight excluding hydrogens is 317 g/mol. The molecule has 0 unspecified atom stereocenters. The van der Waals surface area contributed by atoms with Crippen LogP contribution in [0.5, 0.6) is 0 Å². The molecule has 0 aliphatic carbocycles. The lowest BCUT2D eigenvalue weighted by Crippen LogP contribution is -2.23. The van der Waals surface area contributed by atoms with Crippen molar-refractivity contribution in [2.24, 2.45) is 7.05 Å². The zero-order chi connectivity index (χ0) is 16.4. The highest BCUT2D eigenvalue weighted by molar-refractivity contribution is 8.00. The first kappa shape index (κ1) is 16.3. The van der Waals surface area contributed by atoms with Gasteiger partial charge in [0.25, 0.3) is 0 Å². The Bertz CT molecular complexity index is 720. The molecule has 1 aromatic heterocycles. The fraction of sp³-hybridized carbons (Fsp3) is 0.308. The Kier molecular flexibility index (Phi) is 4.74. The minimum Gasteiger partial charge on any atom is -0.323 e. The van der Waals surface area contributed by atoms with E-state index in [0.717, 1.165) is 23.9 Å². The van der Waals surface area contributed by atoms with E-state index in [0.29, 0.717) is 11.0 Å². The number of amides is 1. The van der Waals surface area contributed by atoms with Gasteiger partial charge in [-0.1, -0.05) is 11.8 Å². The number of anilines is 1. The van der Waals surface area contributed by atoms with Crippen molar-refractivity contribution < 1.29 is 18.0 Å². The molecule has 1 N–H and O–H groups in total. The van der Waals surface area contributed by atoms with Crippen molar-refractivity contribution in [3.8, 4) is 0 Å². The summed E-state index contributed by atoms with van der Waals surface area (Å²) >= 11 is 1.12. The lowest BCUT2D eigenvalue weighted by Gasteiger charge is -2.12. The van der Waals surface area contributed by atoms with Crippen molar-refractivity contribution in [1.82, 2.24) is 14.8 Å². The normalized spacial score (nSPS) is 12.3. The van der Waals surface area contributed by atoms with Crippen molar-refractivity contribution in [3.05, 3.63) is 35.4 Å². The second-order valence-electron chi connectivity index (χ2n) is 4.56. The highest BCUT2D eigenvalue weighted by atomic mass is 32.2. The van der Waals surface area contributed by atoms with E-state index in [1.807, 2.05) is 0 Å². The number of rotatable bonds is 4. The molecule has 0 saturated heterocycles. The predicted octanol–water partition coefficient (Wildman–Crippen LogP) is 2.66. The number of carbonyl (C=O) groups is 1. The van der Waals surface area contributed by atoms with E-state index in [9.17, 15) is 18.0 Å². The van der Waals surface area contributed by atoms with E-state index < -0.39 is 34.3 Å². The molecule has 1 heterocycles. The smallest absolute Gasteiger partial charge is 0.237 e. The third-order valence-corrected chi connectivity index (χ3v) is 4.13. The zero-order valence-electron chi connectivity index (χ0n) is 12.0. The number of aryl methyl sites for hydroxylation is 1. The molecule has 118 valence electrons. The second-order valence-corrected chi connectivity index (χ2v) is 5.87. The summed E-state index contributed by atoms with van der Waals surface area (Å²) in [5.74, 6) is -4.24. The summed E-state index contributed by atoms with van der Waals surface area (Å²) < 4.78 is 41.2. The summed E-state index contributed by atoms with van der Waals surface area (Å²) in [4.78, 5) is 12.0. The van der Waals surface area contributed by atoms with Crippen LogP contribution < -0.4 is 5.32 Å². The molecule has 0 aliphatic rings. The van der Waals surface area contributed by atoms with Gasteiger partial charge in [-0.2, -0.15) is 0 Å². The maximum Gasteiger partial charge on any atom is 0.237 e. The monoisotopic (exact) mass is 330 g/mol. The third-order valence-electron chi connectivity index (χ3n) is 3.00. The molecule has 1 atom stereocenters. The fourth-order valence-corrected chi connectivity index (χ4v) is 2.42. The SMILES string of the molecule is Cc1nnc(S[C@@H](C)C(=O)Nc2ccc(F)c(F)c2F)n1C. The fourth-order valence-electron chi connectivity index (χ4n) is 1.56. The number of nitrogens with one attached hydrogen (secondary N) is 1. The van der Waals surface area contributed by atoms with Crippen LogP contribution in [0.4, 0.5) is 18.9 Å². The molecule has 0 spiro atoms. The lowest BCUT2D eigenvalue weighted by molar-refractivity contribution is -0.115. The van der Waals surface area contributed by atoms with Crippen LogP contribution in [0, 0.1) is 24.4 Å². The van der Waals surface area contributed by atoms with E-state index in [-0.39, 0.29) is 0 Å². The Labute approximate surface area is 128 Å². The molecular formula is C13H13F3N4OS. The molecule has 2 aromatic rings. The molecule has 0 aliphatic heterocycles. The van der Waals surface area contributed by atoms with E-state index >= 15 is 0 Å². The Morgan fingerprint density at radius 3 is 2.55 bits per heavy atom. The van der Waals surface area contributed by atoms with Crippen LogP contribution in [0.25, 0.3) is 0 Å². The standard InChI is InChI=1S/C13H13F3N4OS/c1-6(22-13-19-18-7(2)20(13)3)12(21)17-9-5-4-8(14)10(15)11(9)16/h4-6H,1-3H3,(H,17,21)/t6-/m0/s1. The number of nitrogens with zero attached hydrogens (tertiary/aromatic N) is 3. The number of thioether (sulfide) groups is 1. The molecule has 1 amide bonds. The topological polar surface area (TPSA) is 59.8 Å². The van der Waals surface area contributed by atoms with Crippen LogP contribution in [0.1, 0.15) is 12.7 Å². The van der Waals surface area contributed by atoms with E-state index in [4.69, 9.17) is 0 Å². The van der Waals surface area contributed by atoms with Gasteiger partial charge in [-0.15, -0.1) is 10.2 Å². The zero-order valence-corrected chi connectivity index (χ0v) is 12.8. The number of benzene rings is 1. The minimum atomic E-state index is -1.62. The molecule has 0 bridgehead atoms. The second kappa shape index (κ2) is 6.39. The maximum absolute atomic E-state index is 13.5. The minimum absolute atomic E-state index is 0.412. The van der Waals surface area contributed by atoms with Gasteiger partial charge in [0.15, 0.2) is 22.6 Å². The number of carbonyl (C=O) groups excluding carboxylic acids is 1. The Hall–Kier alpha value is -2.03. The van der Waals surface area contributed by atoms with Gasteiger partial charge in [0, 0.05) is 7.05 Å². The summed E-state index contributed by atoms with van der Waals surface area (Å²) in [7, 11) is 1.75. The Morgan fingerprint density at radius 1 is 1.27 bits per heavy atom. The molecule has 0 radical (unpaired) electrons. The number of hydrogen-bond acceptors (Lipinski definition) is 4. The van der Waals surface area contributed by atoms with Crippen molar-refractivity contribution >= 4 is 23.4 Å². The number of aromatic nitrogens is 3. The molecule has 2 rings (SSSR count). The van der Waals surface area contributed by atoms with Gasteiger partial charge in [-0.05, 0) is 26.0 Å². The maximum atomic E-state index is 13.5. The van der Waals surface area contributed by atoms with Gasteiger partial charge in [-0.3, -0.25) is 4.79 Å². The van der Waals surface area contributed by atoms with Crippen LogP contribution in [0.3, 0.4) is 0 Å². The average Bonchev–Trinajstić information content (AvgIpc) is 2.79. The van der Waals surface area contributed by atoms with Gasteiger partial charge in [0.2, 0.25) is 5.91 Å². The summed E-state index contributed by atoms with van der Waals surface area (Å²) in [6.07, 6.45) is 0. The van der Waals surface area contributed by atoms with Gasteiger partial charge in [-0.25, -0.2) is 13.2 Å². The van der Waals surface area contributed by atoms with Crippen molar-refractivity contribution in [2.75, 3.05) is 5.32 Å². The van der Waals surface area contributed by atoms with E-state index in [1.54, 1.807) is 25.5 Å². The summed E-state index contributed by atoms with van der Waals surface area (Å²) in [5, 5.41) is 9.87. The van der Waals surface area contributed by atoms with Gasteiger partial charge < -0.3 is 9.88 Å². The predicted molar refractivity (Wildman–Crippen MR) is 76.0 cm³/mol. The van der Waals surface area contributed by atoms with Crippen LogP contribution in [-0.2, 0) is 11.8 Å². The Morgan fingerprint density at radius 2 is 1.95 bits per heavy atom. The van der Waals surface area contributed by atoms with Crippen LogP contribution >= 0.6 is 11.8 Å². The molecule has 5 nitrogen and oxygen atoms in total. The summed E-state index contributed by atoms with van der Waals surface area (Å²) in [5.41, 5.74) is -0.412. The summed E-state index contributed by atoms with van der Waals surface area (Å²) in [6.45, 7) is 3.35. The molecule has 0 fully saturated rings. The van der Waals surface area contributed by atoms with Crippen molar-refractivity contribution in [3.63, 3.8) is 0 Å². The molecule has 1 aromatic carbocycles. The van der Waals surface area contributed by atoms with Crippen LogP contribution in [-0.4, -0.2) is 25.9 Å². The van der Waals surface area contributed by atoms with Gasteiger partial charge >= 0.3 is 0 Å². The first-order valence-corrected chi connectivity index (χ1v) is 7.16. The van der Waals surface area contributed by atoms with Gasteiger partial charge in [0.1, 0.15) is 5.82 Å². The average molecular weight is 330 g/mol. The highest BCUT2D eigenvalue weighted by Gasteiger charge is 2.21. The van der Waals surface area contributed by atoms with Crippen LogP contribution in [0.15, 0.2) is 17.3 Å². The van der Waals surface area contributed by atoms with Crippen molar-refractivity contribution in [2.45, 2.75) is 24.3 Å². The first-order chi connectivity index (χ1) is 10.3. The number of halogens is 3. The Balaban J connectivity index is 2.09. The molecule has 22 heavy (non-hydrogen) atoms. The number of hydrogen-bond donors (Lipinski definition) is 1. The highest BCUT2D eigenvalue weighted by Crippen LogP contribution is 2.24. The summed E-state index contributed by atoms with van der Waals surface area (Å²) in [6, 6.07) is 1.72. The van der Waals surface area contributed by atoms with E-state index in [1.165, 1.54) is 0 Å². The lowest BCUT2D eigenvalue weighted by atomic mass is 10.2. The molecule has 9 heteroatoms.